The van der Waals surface area contributed by atoms with Gasteiger partial charge < -0.3 is 14.6 Å². The van der Waals surface area contributed by atoms with Gasteiger partial charge in [0.05, 0.1) is 6.26 Å². The highest BCUT2D eigenvalue weighted by atomic mass is 32.2. The molecule has 0 unspecified atom stereocenters. The number of hydrogen-bond acceptors (Lipinski definition) is 5. The van der Waals surface area contributed by atoms with Crippen molar-refractivity contribution < 1.29 is 30.8 Å². The zero-order valence-corrected chi connectivity index (χ0v) is 18.2. The van der Waals surface area contributed by atoms with E-state index in [1.54, 1.807) is 12.5 Å². The number of carbonyl (C=O) groups is 1. The summed E-state index contributed by atoms with van der Waals surface area (Å²) in [5.74, 6) is 0.241. The van der Waals surface area contributed by atoms with E-state index in [1.165, 1.54) is 0 Å². The number of amides is 2. The molecule has 1 saturated carbocycles. The number of pyridine rings is 1. The lowest BCUT2D eigenvalue weighted by Crippen LogP contribution is -2.63. The molecule has 0 aromatic carbocycles. The lowest BCUT2D eigenvalue weighted by atomic mass is 9.82. The first kappa shape index (κ1) is 22.8. The molecular formula is C20H25F3N4O4S. The predicted molar refractivity (Wildman–Crippen MR) is 110 cm³/mol. The van der Waals surface area contributed by atoms with Gasteiger partial charge in [0.15, 0.2) is 5.58 Å². The number of nitrogens with one attached hydrogen (secondary N) is 2. The summed E-state index contributed by atoms with van der Waals surface area (Å²) in [4.78, 5) is 17.3. The van der Waals surface area contributed by atoms with Gasteiger partial charge in [0.2, 0.25) is 10.0 Å². The van der Waals surface area contributed by atoms with Crippen LogP contribution in [0.1, 0.15) is 44.1 Å². The van der Waals surface area contributed by atoms with Crippen molar-refractivity contribution in [2.24, 2.45) is 0 Å². The summed E-state index contributed by atoms with van der Waals surface area (Å²) in [5.41, 5.74) is 2.60. The number of aromatic nitrogens is 1. The Hall–Kier alpha value is -2.34. The molecule has 1 atom stereocenters. The number of urea groups is 1. The van der Waals surface area contributed by atoms with Crippen LogP contribution in [0.3, 0.4) is 0 Å². The average molecular weight is 475 g/mol. The second-order valence-electron chi connectivity index (χ2n) is 8.49. The molecular weight excluding hydrogens is 449 g/mol. The third kappa shape index (κ3) is 4.70. The number of rotatable bonds is 5. The molecule has 2 aromatic heterocycles. The summed E-state index contributed by atoms with van der Waals surface area (Å²) in [6.45, 7) is 0.577. The molecule has 1 saturated heterocycles. The van der Waals surface area contributed by atoms with Crippen molar-refractivity contribution in [2.45, 2.75) is 62.0 Å². The average Bonchev–Trinajstić information content (AvgIpc) is 3.10. The quantitative estimate of drug-likeness (QED) is 0.693. The fourth-order valence-corrected chi connectivity index (χ4v) is 5.83. The summed E-state index contributed by atoms with van der Waals surface area (Å²) >= 11 is 0. The van der Waals surface area contributed by atoms with E-state index in [0.717, 1.165) is 41.3 Å². The van der Waals surface area contributed by atoms with Crippen LogP contribution < -0.4 is 10.0 Å². The van der Waals surface area contributed by atoms with Crippen molar-refractivity contribution in [3.05, 3.63) is 30.2 Å². The van der Waals surface area contributed by atoms with Crippen LogP contribution in [0.4, 0.5) is 18.0 Å². The van der Waals surface area contributed by atoms with Gasteiger partial charge in [0.1, 0.15) is 16.8 Å². The number of alkyl halides is 3. The van der Waals surface area contributed by atoms with Crippen molar-refractivity contribution in [1.82, 2.24) is 19.9 Å². The standard InChI is InChI=1S/C20H25F3N4O4S/c1-12(20(21,22)23)25-19(28)27-9-15(10-27)32(29,30)26-14-6-4-13(5-7-14)16-11-31-17-3-2-8-24-18(16)17/h2-3,8,11-15,26H,4-7,9-10H2,1H3,(H,25,28)/t12-,13-,14-/m1/s1. The zero-order valence-electron chi connectivity index (χ0n) is 17.4. The molecule has 12 heteroatoms. The number of carbonyl (C=O) groups excluding carboxylic acids is 1. The van der Waals surface area contributed by atoms with Crippen LogP contribution in [-0.2, 0) is 10.0 Å². The maximum absolute atomic E-state index is 12.6. The molecule has 3 heterocycles. The second-order valence-corrected chi connectivity index (χ2v) is 10.5. The van der Waals surface area contributed by atoms with Crippen molar-refractivity contribution in [2.75, 3.05) is 13.1 Å². The largest absolute Gasteiger partial charge is 0.462 e. The summed E-state index contributed by atoms with van der Waals surface area (Å²) in [7, 11) is -3.68. The van der Waals surface area contributed by atoms with E-state index in [-0.39, 0.29) is 25.0 Å². The normalized spacial score (nSPS) is 23.7. The second kappa shape index (κ2) is 8.54. The summed E-state index contributed by atoms with van der Waals surface area (Å²) in [5, 5.41) is 1.02. The number of halogens is 3. The van der Waals surface area contributed by atoms with Crippen molar-refractivity contribution >= 4 is 27.2 Å². The fraction of sp³-hybridized carbons (Fsp3) is 0.600. The van der Waals surface area contributed by atoms with Gasteiger partial charge in [0.25, 0.3) is 0 Å². The van der Waals surface area contributed by atoms with Crippen LogP contribution in [-0.4, -0.2) is 60.9 Å². The third-order valence-electron chi connectivity index (χ3n) is 6.26. The van der Waals surface area contributed by atoms with Crippen LogP contribution in [0.2, 0.25) is 0 Å². The molecule has 2 aromatic rings. The molecule has 2 amide bonds. The Labute approximate surface area is 183 Å². The van der Waals surface area contributed by atoms with Crippen LogP contribution in [0.15, 0.2) is 29.0 Å². The summed E-state index contributed by atoms with van der Waals surface area (Å²) < 4.78 is 71.3. The Kier molecular flexibility index (Phi) is 6.10. The Morgan fingerprint density at radius 2 is 1.94 bits per heavy atom. The third-order valence-corrected chi connectivity index (χ3v) is 8.10. The monoisotopic (exact) mass is 474 g/mol. The molecule has 8 nitrogen and oxygen atoms in total. The lowest BCUT2D eigenvalue weighted by Gasteiger charge is -2.40. The van der Waals surface area contributed by atoms with Gasteiger partial charge >= 0.3 is 12.2 Å². The molecule has 176 valence electrons. The number of nitrogens with zero attached hydrogens (tertiary/aromatic N) is 2. The highest BCUT2D eigenvalue weighted by molar-refractivity contribution is 7.90. The zero-order chi connectivity index (χ0) is 23.1. The highest BCUT2D eigenvalue weighted by Gasteiger charge is 2.43. The molecule has 0 bridgehead atoms. The first-order chi connectivity index (χ1) is 15.0. The number of likely N-dealkylation sites (tertiary alicyclic amines) is 1. The summed E-state index contributed by atoms with van der Waals surface area (Å²) in [6.07, 6.45) is 1.77. The maximum Gasteiger partial charge on any atom is 0.408 e. The van der Waals surface area contributed by atoms with Gasteiger partial charge in [-0.1, -0.05) is 0 Å². The fourth-order valence-electron chi connectivity index (χ4n) is 4.18. The van der Waals surface area contributed by atoms with Gasteiger partial charge in [-0.05, 0) is 50.7 Å². The first-order valence-corrected chi connectivity index (χ1v) is 12.0. The minimum atomic E-state index is -4.55. The van der Waals surface area contributed by atoms with Crippen molar-refractivity contribution in [3.8, 4) is 0 Å². The van der Waals surface area contributed by atoms with E-state index >= 15 is 0 Å². The minimum absolute atomic E-state index is 0.131. The molecule has 2 fully saturated rings. The van der Waals surface area contributed by atoms with Crippen LogP contribution in [0.5, 0.6) is 0 Å². The number of sulfonamides is 1. The Morgan fingerprint density at radius 1 is 1.25 bits per heavy atom. The van der Waals surface area contributed by atoms with Gasteiger partial charge in [-0.15, -0.1) is 0 Å². The van der Waals surface area contributed by atoms with Gasteiger partial charge in [-0.2, -0.15) is 13.2 Å². The van der Waals surface area contributed by atoms with Crippen LogP contribution in [0.25, 0.3) is 11.1 Å². The molecule has 1 aliphatic carbocycles. The first-order valence-electron chi connectivity index (χ1n) is 10.5. The molecule has 2 aliphatic rings. The van der Waals surface area contributed by atoms with Crippen molar-refractivity contribution in [3.63, 3.8) is 0 Å². The van der Waals surface area contributed by atoms with E-state index < -0.39 is 33.5 Å². The molecule has 4 rings (SSSR count). The van der Waals surface area contributed by atoms with E-state index in [0.29, 0.717) is 12.8 Å². The maximum atomic E-state index is 12.6. The van der Waals surface area contributed by atoms with E-state index in [2.05, 4.69) is 9.71 Å². The van der Waals surface area contributed by atoms with Crippen LogP contribution >= 0.6 is 0 Å². The Bertz CT molecular complexity index is 1070. The predicted octanol–water partition coefficient (Wildman–Crippen LogP) is 3.12. The molecule has 0 spiro atoms. The van der Waals surface area contributed by atoms with Gasteiger partial charge in [0, 0.05) is 30.9 Å². The Balaban J connectivity index is 1.26. The van der Waals surface area contributed by atoms with Gasteiger partial charge in [-0.3, -0.25) is 4.98 Å². The summed E-state index contributed by atoms with van der Waals surface area (Å²) in [6, 6.07) is 0.542. The smallest absolute Gasteiger partial charge is 0.408 e. The number of fused-ring (bicyclic) bond motifs is 1. The van der Waals surface area contributed by atoms with Gasteiger partial charge in [-0.25, -0.2) is 17.9 Å². The SMILES string of the molecule is C[C@@H](NC(=O)N1CC(S(=O)(=O)N[C@H]2CC[C@H](c3coc4cccnc43)CC2)C1)C(F)(F)F. The topological polar surface area (TPSA) is 105 Å². The Morgan fingerprint density at radius 3 is 2.59 bits per heavy atom. The minimum Gasteiger partial charge on any atom is -0.462 e. The molecule has 0 radical (unpaired) electrons. The number of furan rings is 1. The highest BCUT2D eigenvalue weighted by Crippen LogP contribution is 2.37. The van der Waals surface area contributed by atoms with Crippen molar-refractivity contribution in [1.29, 1.82) is 0 Å². The van der Waals surface area contributed by atoms with E-state index in [4.69, 9.17) is 4.42 Å². The van der Waals surface area contributed by atoms with E-state index in [1.807, 2.05) is 17.4 Å². The lowest BCUT2D eigenvalue weighted by molar-refractivity contribution is -0.149. The molecule has 32 heavy (non-hydrogen) atoms. The molecule has 1 aliphatic heterocycles. The van der Waals surface area contributed by atoms with E-state index in [9.17, 15) is 26.4 Å². The number of hydrogen-bond donors (Lipinski definition) is 2. The van der Waals surface area contributed by atoms with Crippen LogP contribution in [0, 0.1) is 0 Å². The molecule has 2 N–H and O–H groups in total.